The minimum Gasteiger partial charge on any atom is -0.385 e. The van der Waals surface area contributed by atoms with Crippen LogP contribution in [0.4, 0.5) is 11.4 Å². The van der Waals surface area contributed by atoms with Crippen molar-refractivity contribution in [1.82, 2.24) is 0 Å². The first-order valence-corrected chi connectivity index (χ1v) is 6.19. The second-order valence-electron chi connectivity index (χ2n) is 4.41. The summed E-state index contributed by atoms with van der Waals surface area (Å²) in [6.07, 6.45) is 0.898. The fraction of sp³-hybridized carbons (Fsp3) is 0.200. The van der Waals surface area contributed by atoms with Crippen LogP contribution < -0.4 is 5.32 Å². The number of non-ortho nitro benzene ring substituents is 1. The van der Waals surface area contributed by atoms with Gasteiger partial charge in [0.2, 0.25) is 0 Å². The molecule has 0 heterocycles. The quantitative estimate of drug-likeness (QED) is 0.657. The number of aryl methyl sites for hydroxylation is 1. The molecular formula is C15H16N2O2. The van der Waals surface area contributed by atoms with Gasteiger partial charge in [0.05, 0.1) is 4.92 Å². The Bertz CT molecular complexity index is 582. The van der Waals surface area contributed by atoms with Crippen LogP contribution in [0.2, 0.25) is 0 Å². The Kier molecular flexibility index (Phi) is 4.13. The van der Waals surface area contributed by atoms with Crippen LogP contribution in [0, 0.1) is 17.0 Å². The van der Waals surface area contributed by atoms with E-state index in [0.29, 0.717) is 0 Å². The minimum atomic E-state index is -0.382. The van der Waals surface area contributed by atoms with Crippen molar-refractivity contribution in [3.63, 3.8) is 0 Å². The highest BCUT2D eigenvalue weighted by molar-refractivity contribution is 5.51. The molecule has 0 saturated carbocycles. The zero-order chi connectivity index (χ0) is 13.7. The van der Waals surface area contributed by atoms with E-state index in [1.54, 1.807) is 12.1 Å². The van der Waals surface area contributed by atoms with Gasteiger partial charge in [0.1, 0.15) is 0 Å². The van der Waals surface area contributed by atoms with E-state index in [1.807, 2.05) is 18.2 Å². The van der Waals surface area contributed by atoms with Crippen molar-refractivity contribution in [3.05, 3.63) is 69.8 Å². The topological polar surface area (TPSA) is 55.2 Å². The van der Waals surface area contributed by atoms with Crippen LogP contribution >= 0.6 is 0 Å². The molecule has 0 spiro atoms. The van der Waals surface area contributed by atoms with E-state index in [9.17, 15) is 10.1 Å². The van der Waals surface area contributed by atoms with Gasteiger partial charge in [0.25, 0.3) is 5.69 Å². The highest BCUT2D eigenvalue weighted by atomic mass is 16.6. The number of benzene rings is 2. The van der Waals surface area contributed by atoms with Crippen molar-refractivity contribution in [2.45, 2.75) is 13.3 Å². The molecule has 2 aromatic carbocycles. The molecule has 0 aliphatic heterocycles. The van der Waals surface area contributed by atoms with Gasteiger partial charge in [0, 0.05) is 24.4 Å². The van der Waals surface area contributed by atoms with E-state index >= 15 is 0 Å². The molecule has 1 N–H and O–H groups in total. The molecule has 2 rings (SSSR count). The van der Waals surface area contributed by atoms with Gasteiger partial charge in [-0.3, -0.25) is 10.1 Å². The summed E-state index contributed by atoms with van der Waals surface area (Å²) in [6, 6.07) is 14.8. The molecule has 0 radical (unpaired) electrons. The first-order valence-electron chi connectivity index (χ1n) is 6.19. The lowest BCUT2D eigenvalue weighted by Gasteiger charge is -2.08. The summed E-state index contributed by atoms with van der Waals surface area (Å²) in [4.78, 5) is 10.3. The SMILES string of the molecule is Cc1ccccc1CCNc1cccc([N+](=O)[O-])c1. The second-order valence-corrected chi connectivity index (χ2v) is 4.41. The van der Waals surface area contributed by atoms with E-state index in [2.05, 4.69) is 24.4 Å². The summed E-state index contributed by atoms with van der Waals surface area (Å²) in [5.41, 5.74) is 3.45. The van der Waals surface area contributed by atoms with E-state index in [0.717, 1.165) is 18.7 Å². The zero-order valence-corrected chi connectivity index (χ0v) is 10.8. The Hall–Kier alpha value is -2.36. The lowest BCUT2D eigenvalue weighted by molar-refractivity contribution is -0.384. The van der Waals surface area contributed by atoms with Gasteiger partial charge in [0.15, 0.2) is 0 Å². The maximum absolute atomic E-state index is 10.7. The van der Waals surface area contributed by atoms with Crippen molar-refractivity contribution < 1.29 is 4.92 Å². The van der Waals surface area contributed by atoms with E-state index in [1.165, 1.54) is 17.2 Å². The average Bonchev–Trinajstić information content (AvgIpc) is 2.41. The summed E-state index contributed by atoms with van der Waals surface area (Å²) in [5.74, 6) is 0. The van der Waals surface area contributed by atoms with Gasteiger partial charge < -0.3 is 5.32 Å². The molecule has 0 bridgehead atoms. The van der Waals surface area contributed by atoms with Crippen molar-refractivity contribution in [3.8, 4) is 0 Å². The van der Waals surface area contributed by atoms with Crippen molar-refractivity contribution in [2.75, 3.05) is 11.9 Å². The Morgan fingerprint density at radius 1 is 1.16 bits per heavy atom. The average molecular weight is 256 g/mol. The van der Waals surface area contributed by atoms with Crippen LogP contribution in [0.3, 0.4) is 0 Å². The first kappa shape index (κ1) is 13.1. The largest absolute Gasteiger partial charge is 0.385 e. The third-order valence-electron chi connectivity index (χ3n) is 3.04. The summed E-state index contributed by atoms with van der Waals surface area (Å²) in [6.45, 7) is 2.84. The van der Waals surface area contributed by atoms with Gasteiger partial charge in [-0.25, -0.2) is 0 Å². The molecule has 98 valence electrons. The van der Waals surface area contributed by atoms with Gasteiger partial charge in [-0.2, -0.15) is 0 Å². The maximum atomic E-state index is 10.7. The van der Waals surface area contributed by atoms with Crippen LogP contribution in [-0.2, 0) is 6.42 Å². The van der Waals surface area contributed by atoms with Gasteiger partial charge in [-0.1, -0.05) is 30.3 Å². The van der Waals surface area contributed by atoms with Crippen molar-refractivity contribution >= 4 is 11.4 Å². The Labute approximate surface area is 112 Å². The molecule has 4 heteroatoms. The smallest absolute Gasteiger partial charge is 0.271 e. The van der Waals surface area contributed by atoms with Crippen molar-refractivity contribution in [1.29, 1.82) is 0 Å². The molecule has 0 aliphatic carbocycles. The summed E-state index contributed by atoms with van der Waals surface area (Å²) < 4.78 is 0. The molecule has 0 amide bonds. The zero-order valence-electron chi connectivity index (χ0n) is 10.8. The number of anilines is 1. The Morgan fingerprint density at radius 2 is 1.95 bits per heavy atom. The minimum absolute atomic E-state index is 0.112. The van der Waals surface area contributed by atoms with Gasteiger partial charge in [-0.15, -0.1) is 0 Å². The number of nitrogens with one attached hydrogen (secondary N) is 1. The molecule has 0 atom stereocenters. The maximum Gasteiger partial charge on any atom is 0.271 e. The van der Waals surface area contributed by atoms with E-state index in [-0.39, 0.29) is 10.6 Å². The molecule has 0 aromatic heterocycles. The molecule has 19 heavy (non-hydrogen) atoms. The molecule has 0 aliphatic rings. The molecule has 0 unspecified atom stereocenters. The predicted molar refractivity (Wildman–Crippen MR) is 76.5 cm³/mol. The number of nitro groups is 1. The fourth-order valence-electron chi connectivity index (χ4n) is 1.96. The standard InChI is InChI=1S/C15H16N2O2/c1-12-5-2-3-6-13(12)9-10-16-14-7-4-8-15(11-14)17(18)19/h2-8,11,16H,9-10H2,1H3. The Balaban J connectivity index is 1.94. The van der Waals surface area contributed by atoms with Crippen LogP contribution in [0.15, 0.2) is 48.5 Å². The number of hydrogen-bond donors (Lipinski definition) is 1. The number of rotatable bonds is 5. The molecule has 0 saturated heterocycles. The fourth-order valence-corrected chi connectivity index (χ4v) is 1.96. The summed E-state index contributed by atoms with van der Waals surface area (Å²) in [7, 11) is 0. The molecular weight excluding hydrogens is 240 g/mol. The molecule has 0 fully saturated rings. The third-order valence-corrected chi connectivity index (χ3v) is 3.04. The van der Waals surface area contributed by atoms with Gasteiger partial charge in [-0.05, 0) is 30.5 Å². The lowest BCUT2D eigenvalue weighted by atomic mass is 10.1. The van der Waals surface area contributed by atoms with Crippen LogP contribution in [0.5, 0.6) is 0 Å². The third kappa shape index (κ3) is 3.55. The van der Waals surface area contributed by atoms with Crippen LogP contribution in [0.25, 0.3) is 0 Å². The summed E-state index contributed by atoms with van der Waals surface area (Å²) in [5, 5.41) is 13.9. The second kappa shape index (κ2) is 6.00. The van der Waals surface area contributed by atoms with Crippen LogP contribution in [0.1, 0.15) is 11.1 Å². The lowest BCUT2D eigenvalue weighted by Crippen LogP contribution is -2.06. The predicted octanol–water partition coefficient (Wildman–Crippen LogP) is 3.56. The van der Waals surface area contributed by atoms with Crippen LogP contribution in [-0.4, -0.2) is 11.5 Å². The normalized spacial score (nSPS) is 10.2. The van der Waals surface area contributed by atoms with E-state index in [4.69, 9.17) is 0 Å². The molecule has 2 aromatic rings. The number of hydrogen-bond acceptors (Lipinski definition) is 3. The van der Waals surface area contributed by atoms with E-state index < -0.39 is 0 Å². The monoisotopic (exact) mass is 256 g/mol. The molecule has 4 nitrogen and oxygen atoms in total. The van der Waals surface area contributed by atoms with Gasteiger partial charge >= 0.3 is 0 Å². The summed E-state index contributed by atoms with van der Waals surface area (Å²) >= 11 is 0. The van der Waals surface area contributed by atoms with Crippen molar-refractivity contribution in [2.24, 2.45) is 0 Å². The highest BCUT2D eigenvalue weighted by Gasteiger charge is 2.05. The first-order chi connectivity index (χ1) is 9.16. The number of nitrogens with zero attached hydrogens (tertiary/aromatic N) is 1. The number of nitro benzene ring substituents is 1. The Morgan fingerprint density at radius 3 is 2.68 bits per heavy atom. The highest BCUT2D eigenvalue weighted by Crippen LogP contribution is 2.17.